The Hall–Kier alpha value is -3.28. The van der Waals surface area contributed by atoms with Gasteiger partial charge in [-0.1, -0.05) is 24.3 Å². The lowest BCUT2D eigenvalue weighted by Crippen LogP contribution is -2.23. The Morgan fingerprint density at radius 3 is 2.28 bits per heavy atom. The number of sulfonamides is 1. The van der Waals surface area contributed by atoms with E-state index >= 15 is 0 Å². The maximum Gasteiger partial charge on any atom is 0.240 e. The summed E-state index contributed by atoms with van der Waals surface area (Å²) in [5, 5.41) is 12.1. The van der Waals surface area contributed by atoms with Crippen LogP contribution in [0.5, 0.6) is 0 Å². The molecular formula is C21H17F2N3O2S. The lowest BCUT2D eigenvalue weighted by atomic mass is 10.1. The van der Waals surface area contributed by atoms with E-state index in [0.29, 0.717) is 16.8 Å². The number of anilines is 1. The van der Waals surface area contributed by atoms with Gasteiger partial charge < -0.3 is 5.32 Å². The molecule has 0 aromatic heterocycles. The monoisotopic (exact) mass is 413 g/mol. The van der Waals surface area contributed by atoms with Crippen LogP contribution >= 0.6 is 0 Å². The number of nitrogens with zero attached hydrogens (tertiary/aromatic N) is 1. The Kier molecular flexibility index (Phi) is 6.22. The first kappa shape index (κ1) is 20.5. The molecule has 0 spiro atoms. The van der Waals surface area contributed by atoms with Crippen molar-refractivity contribution in [3.8, 4) is 6.07 Å². The van der Waals surface area contributed by atoms with E-state index in [1.807, 2.05) is 6.07 Å². The van der Waals surface area contributed by atoms with Crippen LogP contribution in [0.1, 0.15) is 16.7 Å². The molecular weight excluding hydrogens is 396 g/mol. The van der Waals surface area contributed by atoms with Crippen LogP contribution in [-0.2, 0) is 23.1 Å². The minimum Gasteiger partial charge on any atom is -0.380 e. The number of nitriles is 1. The molecule has 8 heteroatoms. The smallest absolute Gasteiger partial charge is 0.240 e. The van der Waals surface area contributed by atoms with Crippen LogP contribution < -0.4 is 10.0 Å². The molecule has 3 aromatic rings. The SMILES string of the molecule is N#Cc1cc(F)ccc1NCc1cccc(S(=O)(=O)NCc2cccc(F)c2)c1. The second-order valence-electron chi connectivity index (χ2n) is 6.26. The molecule has 0 aliphatic carbocycles. The predicted molar refractivity (Wildman–Crippen MR) is 105 cm³/mol. The highest BCUT2D eigenvalue weighted by Gasteiger charge is 2.14. The van der Waals surface area contributed by atoms with Gasteiger partial charge in [0.2, 0.25) is 10.0 Å². The molecule has 0 fully saturated rings. The number of hydrogen-bond donors (Lipinski definition) is 2. The standard InChI is InChI=1S/C21H17F2N3O2S/c22-18-5-1-3-15(9-18)14-26-29(27,28)20-6-2-4-16(10-20)13-25-21-8-7-19(23)11-17(21)12-24/h1-11,25-26H,13-14H2. The molecule has 3 rings (SSSR count). The second kappa shape index (κ2) is 8.82. The summed E-state index contributed by atoms with van der Waals surface area (Å²) in [7, 11) is -3.80. The molecule has 29 heavy (non-hydrogen) atoms. The van der Waals surface area contributed by atoms with Gasteiger partial charge in [-0.25, -0.2) is 21.9 Å². The summed E-state index contributed by atoms with van der Waals surface area (Å²) in [6, 6.07) is 17.7. The first-order chi connectivity index (χ1) is 13.9. The normalized spacial score (nSPS) is 11.1. The molecule has 5 nitrogen and oxygen atoms in total. The van der Waals surface area contributed by atoms with Crippen LogP contribution in [0.15, 0.2) is 71.6 Å². The van der Waals surface area contributed by atoms with Crippen molar-refractivity contribution in [3.05, 3.63) is 95.1 Å². The zero-order valence-corrected chi connectivity index (χ0v) is 16.0. The summed E-state index contributed by atoms with van der Waals surface area (Å²) in [6.07, 6.45) is 0. The molecule has 0 atom stereocenters. The number of halogens is 2. The molecule has 0 aliphatic rings. The van der Waals surface area contributed by atoms with Gasteiger partial charge in [0.1, 0.15) is 17.7 Å². The van der Waals surface area contributed by atoms with Crippen LogP contribution in [0.3, 0.4) is 0 Å². The van der Waals surface area contributed by atoms with Crippen molar-refractivity contribution in [3.63, 3.8) is 0 Å². The topological polar surface area (TPSA) is 82.0 Å². The Bertz CT molecular complexity index is 1170. The molecule has 0 amide bonds. The maximum atomic E-state index is 13.2. The lowest BCUT2D eigenvalue weighted by molar-refractivity contribution is 0.580. The van der Waals surface area contributed by atoms with Gasteiger partial charge in [0.15, 0.2) is 0 Å². The van der Waals surface area contributed by atoms with E-state index in [0.717, 1.165) is 6.07 Å². The Labute approximate surface area is 167 Å². The summed E-state index contributed by atoms with van der Waals surface area (Å²) in [6.45, 7) is 0.206. The Morgan fingerprint density at radius 1 is 0.862 bits per heavy atom. The number of hydrogen-bond acceptors (Lipinski definition) is 4. The second-order valence-corrected chi connectivity index (χ2v) is 8.02. The Morgan fingerprint density at radius 2 is 1.55 bits per heavy atom. The van der Waals surface area contributed by atoms with Gasteiger partial charge in [0, 0.05) is 13.1 Å². The van der Waals surface area contributed by atoms with Crippen molar-refractivity contribution in [2.24, 2.45) is 0 Å². The van der Waals surface area contributed by atoms with Crippen LogP contribution in [0.2, 0.25) is 0 Å². The fourth-order valence-electron chi connectivity index (χ4n) is 2.69. The average molecular weight is 413 g/mol. The number of rotatable bonds is 7. The molecule has 148 valence electrons. The van der Waals surface area contributed by atoms with Crippen molar-refractivity contribution in [2.45, 2.75) is 18.0 Å². The van der Waals surface area contributed by atoms with Crippen molar-refractivity contribution in [1.29, 1.82) is 5.26 Å². The largest absolute Gasteiger partial charge is 0.380 e. The third kappa shape index (κ3) is 5.38. The first-order valence-electron chi connectivity index (χ1n) is 8.64. The lowest BCUT2D eigenvalue weighted by Gasteiger charge is -2.11. The summed E-state index contributed by atoms with van der Waals surface area (Å²) in [4.78, 5) is 0.0628. The minimum atomic E-state index is -3.80. The van der Waals surface area contributed by atoms with E-state index < -0.39 is 21.7 Å². The number of benzene rings is 3. The summed E-state index contributed by atoms with van der Waals surface area (Å²) >= 11 is 0. The van der Waals surface area contributed by atoms with Gasteiger partial charge in [-0.2, -0.15) is 5.26 Å². The third-order valence-corrected chi connectivity index (χ3v) is 5.55. The van der Waals surface area contributed by atoms with Crippen molar-refractivity contribution >= 4 is 15.7 Å². The predicted octanol–water partition coefficient (Wildman–Crippen LogP) is 3.93. The highest BCUT2D eigenvalue weighted by Crippen LogP contribution is 2.18. The minimum absolute atomic E-state index is 0.0380. The molecule has 0 radical (unpaired) electrons. The van der Waals surface area contributed by atoms with Gasteiger partial charge in [0.05, 0.1) is 16.1 Å². The van der Waals surface area contributed by atoms with E-state index in [4.69, 9.17) is 5.26 Å². The van der Waals surface area contributed by atoms with Crippen molar-refractivity contribution in [2.75, 3.05) is 5.32 Å². The van der Waals surface area contributed by atoms with Crippen LogP contribution in [0.4, 0.5) is 14.5 Å². The highest BCUT2D eigenvalue weighted by molar-refractivity contribution is 7.89. The van der Waals surface area contributed by atoms with E-state index in [-0.39, 0.29) is 23.5 Å². The van der Waals surface area contributed by atoms with Gasteiger partial charge >= 0.3 is 0 Å². The van der Waals surface area contributed by atoms with E-state index in [2.05, 4.69) is 10.0 Å². The van der Waals surface area contributed by atoms with Crippen LogP contribution in [-0.4, -0.2) is 8.42 Å². The number of nitrogens with one attached hydrogen (secondary N) is 2. The molecule has 3 aromatic carbocycles. The molecule has 0 heterocycles. The van der Waals surface area contributed by atoms with E-state index in [9.17, 15) is 17.2 Å². The highest BCUT2D eigenvalue weighted by atomic mass is 32.2. The zero-order valence-electron chi connectivity index (χ0n) is 15.2. The zero-order chi connectivity index (χ0) is 20.9. The molecule has 0 bridgehead atoms. The summed E-state index contributed by atoms with van der Waals surface area (Å²) < 4.78 is 54.0. The third-order valence-electron chi connectivity index (χ3n) is 4.15. The van der Waals surface area contributed by atoms with Gasteiger partial charge in [-0.3, -0.25) is 0 Å². The molecule has 0 aliphatic heterocycles. The van der Waals surface area contributed by atoms with E-state index in [1.165, 1.54) is 42.5 Å². The van der Waals surface area contributed by atoms with Crippen molar-refractivity contribution in [1.82, 2.24) is 4.72 Å². The van der Waals surface area contributed by atoms with Crippen molar-refractivity contribution < 1.29 is 17.2 Å². The Balaban J connectivity index is 1.71. The summed E-state index contributed by atoms with van der Waals surface area (Å²) in [5.74, 6) is -0.947. The average Bonchev–Trinajstić information content (AvgIpc) is 2.71. The quantitative estimate of drug-likeness (QED) is 0.615. The van der Waals surface area contributed by atoms with Gasteiger partial charge in [0.25, 0.3) is 0 Å². The molecule has 0 unspecified atom stereocenters. The molecule has 0 saturated heterocycles. The van der Waals surface area contributed by atoms with Crippen LogP contribution in [0, 0.1) is 23.0 Å². The van der Waals surface area contributed by atoms with Crippen LogP contribution in [0.25, 0.3) is 0 Å². The molecule has 0 saturated carbocycles. The van der Waals surface area contributed by atoms with Gasteiger partial charge in [-0.15, -0.1) is 0 Å². The first-order valence-corrected chi connectivity index (χ1v) is 10.1. The fraction of sp³-hybridized carbons (Fsp3) is 0.0952. The maximum absolute atomic E-state index is 13.2. The fourth-order valence-corrected chi connectivity index (χ4v) is 3.78. The molecule has 2 N–H and O–H groups in total. The van der Waals surface area contributed by atoms with E-state index in [1.54, 1.807) is 18.2 Å². The van der Waals surface area contributed by atoms with Gasteiger partial charge in [-0.05, 0) is 53.6 Å². The summed E-state index contributed by atoms with van der Waals surface area (Å²) in [5.41, 5.74) is 1.77.